The number of aliphatic hydroxyl groups is 1. The number of nitrogens with zero attached hydrogens (tertiary/aromatic N) is 1. The molecule has 3 N–H and O–H groups in total. The number of piperidine rings is 1. The highest BCUT2D eigenvalue weighted by Crippen LogP contribution is 2.37. The van der Waals surface area contributed by atoms with Crippen LogP contribution in [-0.2, 0) is 12.0 Å². The van der Waals surface area contributed by atoms with E-state index < -0.39 is 11.6 Å². The molecule has 3 aromatic rings. The summed E-state index contributed by atoms with van der Waals surface area (Å²) in [4.78, 5) is 16.4. The summed E-state index contributed by atoms with van der Waals surface area (Å²) in [6, 6.07) is 30.7. The van der Waals surface area contributed by atoms with Crippen molar-refractivity contribution in [2.45, 2.75) is 100 Å². The maximum absolute atomic E-state index is 13.6. The van der Waals surface area contributed by atoms with Gasteiger partial charge in [-0.05, 0) is 93.4 Å². The third kappa shape index (κ3) is 6.58. The quantitative estimate of drug-likeness (QED) is 0.253. The standard InChI is InChI=1S/C37H47N3O2/c41-36(38-32-21-19-28(20-22-32)25-26-40-33-17-10-18-34(40)24-23-33)39-35(27-29-11-4-1-5-12-29)37(42,30-13-6-2-7-14-30)31-15-8-3-9-16-31/h1-9,11-16,28,32-35,42H,10,17-27H2,(H2,38,39,41)/t28?,32?,33-,34+,35-/m1/s1. The Morgan fingerprint density at radius 1 is 0.762 bits per heavy atom. The van der Waals surface area contributed by atoms with Crippen LogP contribution in [0.3, 0.4) is 0 Å². The van der Waals surface area contributed by atoms with Gasteiger partial charge in [0.15, 0.2) is 0 Å². The molecular weight excluding hydrogens is 518 g/mol. The zero-order chi connectivity index (χ0) is 28.8. The Labute approximate surface area is 251 Å². The van der Waals surface area contributed by atoms with Gasteiger partial charge in [0.2, 0.25) is 0 Å². The van der Waals surface area contributed by atoms with Crippen LogP contribution in [0.25, 0.3) is 0 Å². The molecular formula is C37H47N3O2. The number of urea groups is 1. The maximum atomic E-state index is 13.6. The number of fused-ring (bicyclic) bond motifs is 2. The monoisotopic (exact) mass is 565 g/mol. The molecule has 1 aliphatic carbocycles. The molecule has 1 saturated carbocycles. The summed E-state index contributed by atoms with van der Waals surface area (Å²) in [5.41, 5.74) is 1.19. The van der Waals surface area contributed by atoms with Gasteiger partial charge >= 0.3 is 6.03 Å². The lowest BCUT2D eigenvalue weighted by molar-refractivity contribution is 0.0404. The predicted molar refractivity (Wildman–Crippen MR) is 169 cm³/mol. The molecule has 2 saturated heterocycles. The Balaban J connectivity index is 1.11. The smallest absolute Gasteiger partial charge is 0.315 e. The second-order valence-electron chi connectivity index (χ2n) is 12.9. The molecule has 3 aromatic carbocycles. The minimum absolute atomic E-state index is 0.173. The summed E-state index contributed by atoms with van der Waals surface area (Å²) in [6.07, 6.45) is 13.2. The lowest BCUT2D eigenvalue weighted by atomic mass is 9.77. The topological polar surface area (TPSA) is 64.6 Å². The van der Waals surface area contributed by atoms with Crippen molar-refractivity contribution in [1.29, 1.82) is 0 Å². The molecule has 0 spiro atoms. The van der Waals surface area contributed by atoms with Crippen molar-refractivity contribution >= 4 is 6.03 Å². The van der Waals surface area contributed by atoms with Crippen molar-refractivity contribution in [3.05, 3.63) is 108 Å². The molecule has 5 heteroatoms. The van der Waals surface area contributed by atoms with Crippen LogP contribution >= 0.6 is 0 Å². The number of carbonyl (C=O) groups is 1. The van der Waals surface area contributed by atoms with Gasteiger partial charge in [-0.2, -0.15) is 0 Å². The summed E-state index contributed by atoms with van der Waals surface area (Å²) in [7, 11) is 0. The van der Waals surface area contributed by atoms with Crippen LogP contribution in [0.1, 0.15) is 80.9 Å². The van der Waals surface area contributed by atoms with E-state index in [-0.39, 0.29) is 12.1 Å². The van der Waals surface area contributed by atoms with Crippen LogP contribution in [0.2, 0.25) is 0 Å². The van der Waals surface area contributed by atoms with Gasteiger partial charge in [0.25, 0.3) is 0 Å². The van der Waals surface area contributed by atoms with Crippen molar-refractivity contribution < 1.29 is 9.90 Å². The second-order valence-corrected chi connectivity index (χ2v) is 12.9. The highest BCUT2D eigenvalue weighted by atomic mass is 16.3. The summed E-state index contributed by atoms with van der Waals surface area (Å²) in [5.74, 6) is 0.763. The van der Waals surface area contributed by atoms with E-state index in [1.54, 1.807) is 0 Å². The predicted octanol–water partition coefficient (Wildman–Crippen LogP) is 6.80. The van der Waals surface area contributed by atoms with E-state index in [1.807, 2.05) is 78.9 Å². The van der Waals surface area contributed by atoms with E-state index in [9.17, 15) is 9.90 Å². The number of carbonyl (C=O) groups excluding carboxylic acids is 1. The zero-order valence-electron chi connectivity index (χ0n) is 24.8. The average molecular weight is 566 g/mol. The highest BCUT2D eigenvalue weighted by molar-refractivity contribution is 5.75. The second kappa shape index (κ2) is 13.4. The van der Waals surface area contributed by atoms with Crippen molar-refractivity contribution in [1.82, 2.24) is 15.5 Å². The first-order valence-electron chi connectivity index (χ1n) is 16.3. The molecule has 2 heterocycles. The van der Waals surface area contributed by atoms with E-state index in [0.717, 1.165) is 47.5 Å². The minimum atomic E-state index is -1.40. The van der Waals surface area contributed by atoms with Crippen molar-refractivity contribution in [2.24, 2.45) is 5.92 Å². The van der Waals surface area contributed by atoms with E-state index in [1.165, 1.54) is 57.9 Å². The van der Waals surface area contributed by atoms with Crippen molar-refractivity contribution in [3.8, 4) is 0 Å². The van der Waals surface area contributed by atoms with Crippen LogP contribution in [0, 0.1) is 5.92 Å². The van der Waals surface area contributed by atoms with E-state index in [2.05, 4.69) is 27.7 Å². The van der Waals surface area contributed by atoms with E-state index in [4.69, 9.17) is 0 Å². The molecule has 3 aliphatic rings. The first-order valence-corrected chi connectivity index (χ1v) is 16.3. The van der Waals surface area contributed by atoms with Gasteiger partial charge in [-0.15, -0.1) is 0 Å². The maximum Gasteiger partial charge on any atom is 0.315 e. The fourth-order valence-corrected chi connectivity index (χ4v) is 8.01. The third-order valence-corrected chi connectivity index (χ3v) is 10.3. The summed E-state index contributed by atoms with van der Waals surface area (Å²) < 4.78 is 0. The van der Waals surface area contributed by atoms with Gasteiger partial charge in [-0.1, -0.05) is 97.4 Å². The Morgan fingerprint density at radius 3 is 1.88 bits per heavy atom. The fraction of sp³-hybridized carbons (Fsp3) is 0.486. The molecule has 222 valence electrons. The highest BCUT2D eigenvalue weighted by Gasteiger charge is 2.42. The molecule has 2 amide bonds. The van der Waals surface area contributed by atoms with Gasteiger partial charge in [0.05, 0.1) is 6.04 Å². The Hall–Kier alpha value is -3.15. The number of nitrogens with one attached hydrogen (secondary N) is 2. The van der Waals surface area contributed by atoms with E-state index >= 15 is 0 Å². The van der Waals surface area contributed by atoms with E-state index in [0.29, 0.717) is 6.42 Å². The Morgan fingerprint density at radius 2 is 1.31 bits per heavy atom. The average Bonchev–Trinajstić information content (AvgIpc) is 3.25. The van der Waals surface area contributed by atoms with Crippen LogP contribution in [0.15, 0.2) is 91.0 Å². The minimum Gasteiger partial charge on any atom is -0.378 e. The molecule has 2 bridgehead atoms. The van der Waals surface area contributed by atoms with Crippen LogP contribution < -0.4 is 10.6 Å². The largest absolute Gasteiger partial charge is 0.378 e. The van der Waals surface area contributed by atoms with Gasteiger partial charge < -0.3 is 15.7 Å². The molecule has 0 radical (unpaired) electrons. The number of benzene rings is 3. The number of hydrogen-bond acceptors (Lipinski definition) is 3. The lowest BCUT2D eigenvalue weighted by Gasteiger charge is -2.39. The molecule has 2 aliphatic heterocycles. The van der Waals surface area contributed by atoms with Gasteiger partial charge in [-0.25, -0.2) is 4.79 Å². The molecule has 0 unspecified atom stereocenters. The lowest BCUT2D eigenvalue weighted by Crippen LogP contribution is -2.56. The number of rotatable bonds is 10. The van der Waals surface area contributed by atoms with Gasteiger partial charge in [0, 0.05) is 18.1 Å². The molecule has 3 fully saturated rings. The molecule has 42 heavy (non-hydrogen) atoms. The Kier molecular flexibility index (Phi) is 9.26. The van der Waals surface area contributed by atoms with Crippen molar-refractivity contribution in [3.63, 3.8) is 0 Å². The van der Waals surface area contributed by atoms with Crippen LogP contribution in [-0.4, -0.2) is 46.7 Å². The molecule has 5 nitrogen and oxygen atoms in total. The normalized spacial score (nSPS) is 25.1. The first-order chi connectivity index (χ1) is 20.6. The number of hydrogen-bond donors (Lipinski definition) is 3. The van der Waals surface area contributed by atoms with Crippen molar-refractivity contribution in [2.75, 3.05) is 6.54 Å². The zero-order valence-corrected chi connectivity index (χ0v) is 24.8. The van der Waals surface area contributed by atoms with Crippen LogP contribution in [0.5, 0.6) is 0 Å². The fourth-order valence-electron chi connectivity index (χ4n) is 8.01. The molecule has 6 rings (SSSR count). The number of amides is 2. The first kappa shape index (κ1) is 28.9. The Bertz CT molecular complexity index is 1200. The summed E-state index contributed by atoms with van der Waals surface area (Å²) >= 11 is 0. The molecule has 0 aromatic heterocycles. The van der Waals surface area contributed by atoms with Gasteiger partial charge in [-0.3, -0.25) is 4.90 Å². The van der Waals surface area contributed by atoms with Crippen LogP contribution in [0.4, 0.5) is 4.79 Å². The summed E-state index contributed by atoms with van der Waals surface area (Å²) in [5, 5.41) is 19.1. The molecule has 3 atom stereocenters. The van der Waals surface area contributed by atoms with Gasteiger partial charge in [0.1, 0.15) is 5.60 Å². The summed E-state index contributed by atoms with van der Waals surface area (Å²) in [6.45, 7) is 1.26. The third-order valence-electron chi connectivity index (χ3n) is 10.3. The SMILES string of the molecule is O=C(NC1CCC(CCN2[C@@H]3CCC[C@H]2CC3)CC1)N[C@H](Cc1ccccc1)C(O)(c1ccccc1)c1ccccc1.